The van der Waals surface area contributed by atoms with Crippen LogP contribution in [0.1, 0.15) is 19.3 Å². The molecule has 158 valence electrons. The average Bonchev–Trinajstić information content (AvgIpc) is 2.56. The molecule has 0 unspecified atom stereocenters. The molecule has 4 nitrogen and oxygen atoms in total. The third-order valence-corrected chi connectivity index (χ3v) is 3.57. The van der Waals surface area contributed by atoms with E-state index in [1.165, 1.54) is 0 Å². The van der Waals surface area contributed by atoms with Crippen molar-refractivity contribution in [1.29, 1.82) is 0 Å². The monoisotopic (exact) mass is 402 g/mol. The van der Waals surface area contributed by atoms with Gasteiger partial charge in [-0.1, -0.05) is 19.7 Å². The van der Waals surface area contributed by atoms with E-state index in [-0.39, 0.29) is 13.1 Å². The highest BCUT2D eigenvalue weighted by Gasteiger charge is 2.32. The van der Waals surface area contributed by atoms with Crippen LogP contribution in [0.15, 0.2) is 37.3 Å². The highest BCUT2D eigenvalue weighted by atomic mass is 19.4. The van der Waals surface area contributed by atoms with Crippen LogP contribution in [0, 0.1) is 0 Å². The summed E-state index contributed by atoms with van der Waals surface area (Å²) in [6.45, 7) is 12.3. The molecule has 0 heterocycles. The highest BCUT2D eigenvalue weighted by Crippen LogP contribution is 2.22. The molecule has 0 atom stereocenters. The summed E-state index contributed by atoms with van der Waals surface area (Å²) in [6.07, 6.45) is -5.42. The lowest BCUT2D eigenvalue weighted by atomic mass is 10.3. The molecule has 0 amide bonds. The van der Waals surface area contributed by atoms with Gasteiger partial charge in [0.15, 0.2) is 0 Å². The second-order valence-electron chi connectivity index (χ2n) is 5.84. The van der Waals surface area contributed by atoms with Gasteiger partial charge in [0.25, 0.3) is 0 Å². The summed E-state index contributed by atoms with van der Waals surface area (Å²) in [4.78, 5) is 1.90. The SMILES string of the molecule is C=CN(CCCNCCCNC(=C)C(F)(F)F)CCCNC(=C)C(F)(F)F. The zero-order chi connectivity index (χ0) is 20.9. The molecule has 27 heavy (non-hydrogen) atoms. The predicted molar refractivity (Wildman–Crippen MR) is 94.9 cm³/mol. The van der Waals surface area contributed by atoms with Gasteiger partial charge in [0.1, 0.15) is 11.4 Å². The summed E-state index contributed by atoms with van der Waals surface area (Å²) in [5, 5.41) is 7.58. The first kappa shape index (κ1) is 25.2. The molecule has 0 saturated carbocycles. The van der Waals surface area contributed by atoms with Crippen LogP contribution < -0.4 is 16.0 Å². The zero-order valence-electron chi connectivity index (χ0n) is 15.3. The van der Waals surface area contributed by atoms with Gasteiger partial charge in [0, 0.05) is 26.2 Å². The van der Waals surface area contributed by atoms with E-state index in [0.717, 1.165) is 6.42 Å². The van der Waals surface area contributed by atoms with Crippen molar-refractivity contribution < 1.29 is 26.3 Å². The molecule has 0 aliphatic rings. The van der Waals surface area contributed by atoms with E-state index >= 15 is 0 Å². The van der Waals surface area contributed by atoms with Gasteiger partial charge >= 0.3 is 12.4 Å². The normalized spacial score (nSPS) is 11.8. The molecule has 0 aliphatic carbocycles. The number of hydrogen-bond acceptors (Lipinski definition) is 4. The Morgan fingerprint density at radius 1 is 0.741 bits per heavy atom. The molecule has 3 N–H and O–H groups in total. The van der Waals surface area contributed by atoms with Gasteiger partial charge in [0.2, 0.25) is 0 Å². The number of nitrogens with zero attached hydrogens (tertiary/aromatic N) is 1. The van der Waals surface area contributed by atoms with Crippen LogP contribution in [0.5, 0.6) is 0 Å². The van der Waals surface area contributed by atoms with Gasteiger partial charge in [-0.25, -0.2) is 0 Å². The molecule has 0 aromatic rings. The lowest BCUT2D eigenvalue weighted by Crippen LogP contribution is -2.30. The molecular weight excluding hydrogens is 374 g/mol. The Bertz CT molecular complexity index is 459. The largest absolute Gasteiger partial charge is 0.430 e. The van der Waals surface area contributed by atoms with Crippen molar-refractivity contribution in [2.45, 2.75) is 31.6 Å². The molecule has 10 heteroatoms. The van der Waals surface area contributed by atoms with Crippen molar-refractivity contribution in [3.8, 4) is 0 Å². The minimum absolute atomic E-state index is 0.164. The van der Waals surface area contributed by atoms with Crippen LogP contribution in [-0.2, 0) is 0 Å². The summed E-state index contributed by atoms with van der Waals surface area (Å²) >= 11 is 0. The van der Waals surface area contributed by atoms with Gasteiger partial charge in [-0.2, -0.15) is 26.3 Å². The molecular formula is C17H28F6N4. The lowest BCUT2D eigenvalue weighted by molar-refractivity contribution is -0.0970. The molecule has 0 fully saturated rings. The van der Waals surface area contributed by atoms with Gasteiger partial charge < -0.3 is 20.9 Å². The Morgan fingerprint density at radius 2 is 1.15 bits per heavy atom. The molecule has 0 radical (unpaired) electrons. The quantitative estimate of drug-likeness (QED) is 0.290. The maximum Gasteiger partial charge on any atom is 0.430 e. The number of alkyl halides is 6. The minimum atomic E-state index is -4.43. The summed E-state index contributed by atoms with van der Waals surface area (Å²) < 4.78 is 73.3. The van der Waals surface area contributed by atoms with Gasteiger partial charge in [-0.05, 0) is 38.6 Å². The summed E-state index contributed by atoms with van der Waals surface area (Å²) in [5.74, 6) is 0. The molecule has 0 saturated heterocycles. The Morgan fingerprint density at radius 3 is 1.59 bits per heavy atom. The number of halogens is 6. The van der Waals surface area contributed by atoms with Crippen LogP contribution in [0.25, 0.3) is 0 Å². The Balaban J connectivity index is 3.65. The van der Waals surface area contributed by atoms with E-state index in [2.05, 4.69) is 35.7 Å². The standard InChI is InChI=1S/C17H28F6N4/c1-4-27(13-7-11-26-15(3)17(21,22)23)12-6-9-24-8-5-10-25-14(2)16(18,19)20/h4,24-26H,1-3,5-13H2. The lowest BCUT2D eigenvalue weighted by Gasteiger charge is -2.20. The molecule has 0 rings (SSSR count). The zero-order valence-corrected chi connectivity index (χ0v) is 15.3. The Kier molecular flexibility index (Phi) is 11.7. The predicted octanol–water partition coefficient (Wildman–Crippen LogP) is 3.52. The topological polar surface area (TPSA) is 39.3 Å². The van der Waals surface area contributed by atoms with Crippen molar-refractivity contribution >= 4 is 0 Å². The second-order valence-corrected chi connectivity index (χ2v) is 5.84. The Hall–Kier alpha value is -1.84. The maximum absolute atomic E-state index is 12.3. The van der Waals surface area contributed by atoms with Gasteiger partial charge in [-0.15, -0.1) is 0 Å². The van der Waals surface area contributed by atoms with E-state index in [9.17, 15) is 26.3 Å². The number of nitrogens with one attached hydrogen (secondary N) is 3. The van der Waals surface area contributed by atoms with Crippen LogP contribution in [0.4, 0.5) is 26.3 Å². The summed E-state index contributed by atoms with van der Waals surface area (Å²) in [6, 6.07) is 0. The van der Waals surface area contributed by atoms with E-state index in [0.29, 0.717) is 39.0 Å². The first-order valence-corrected chi connectivity index (χ1v) is 8.55. The third kappa shape index (κ3) is 13.0. The average molecular weight is 402 g/mol. The van der Waals surface area contributed by atoms with E-state index < -0.39 is 23.7 Å². The number of hydrogen-bond donors (Lipinski definition) is 3. The highest BCUT2D eigenvalue weighted by molar-refractivity contribution is 4.99. The maximum atomic E-state index is 12.3. The summed E-state index contributed by atoms with van der Waals surface area (Å²) in [7, 11) is 0. The third-order valence-electron chi connectivity index (χ3n) is 3.57. The number of rotatable bonds is 15. The van der Waals surface area contributed by atoms with Gasteiger partial charge in [-0.3, -0.25) is 0 Å². The van der Waals surface area contributed by atoms with Crippen molar-refractivity contribution in [3.63, 3.8) is 0 Å². The summed E-state index contributed by atoms with van der Waals surface area (Å²) in [5.41, 5.74) is -1.90. The Labute approximate surface area is 156 Å². The second kappa shape index (κ2) is 12.5. The van der Waals surface area contributed by atoms with E-state index in [1.807, 2.05) is 4.90 Å². The molecule has 0 spiro atoms. The molecule has 0 aromatic carbocycles. The van der Waals surface area contributed by atoms with E-state index in [4.69, 9.17) is 0 Å². The fourth-order valence-corrected chi connectivity index (χ4v) is 2.00. The first-order chi connectivity index (χ1) is 12.5. The van der Waals surface area contributed by atoms with Gasteiger partial charge in [0.05, 0.1) is 0 Å². The van der Waals surface area contributed by atoms with Crippen molar-refractivity contribution in [2.24, 2.45) is 0 Å². The number of allylic oxidation sites excluding steroid dienone is 2. The molecule has 0 aliphatic heterocycles. The van der Waals surface area contributed by atoms with E-state index in [1.54, 1.807) is 6.20 Å². The first-order valence-electron chi connectivity index (χ1n) is 8.55. The van der Waals surface area contributed by atoms with Crippen molar-refractivity contribution in [2.75, 3.05) is 39.3 Å². The van der Waals surface area contributed by atoms with Crippen molar-refractivity contribution in [1.82, 2.24) is 20.9 Å². The fraction of sp³-hybridized carbons (Fsp3) is 0.647. The van der Waals surface area contributed by atoms with Crippen molar-refractivity contribution in [3.05, 3.63) is 37.3 Å². The van der Waals surface area contributed by atoms with Crippen LogP contribution in [-0.4, -0.2) is 56.5 Å². The smallest absolute Gasteiger partial charge is 0.381 e. The minimum Gasteiger partial charge on any atom is -0.381 e. The fourth-order valence-electron chi connectivity index (χ4n) is 2.00. The molecule has 0 aromatic heterocycles. The molecule has 0 bridgehead atoms. The van der Waals surface area contributed by atoms with Crippen LogP contribution in [0.2, 0.25) is 0 Å². The van der Waals surface area contributed by atoms with Crippen LogP contribution >= 0.6 is 0 Å². The van der Waals surface area contributed by atoms with Crippen LogP contribution in [0.3, 0.4) is 0 Å².